The number of amides is 1. The number of hydrogen-bond donors (Lipinski definition) is 2. The SMILES string of the molecule is Cc1ncsc1CNc1ccc(N2CCC[C@@H](C(N)=O)C2)nc1. The molecule has 6 nitrogen and oxygen atoms in total. The van der Waals surface area contributed by atoms with Gasteiger partial charge in [-0.3, -0.25) is 4.79 Å². The van der Waals surface area contributed by atoms with Gasteiger partial charge >= 0.3 is 0 Å². The molecule has 1 saturated heterocycles. The van der Waals surface area contributed by atoms with Crippen LogP contribution in [-0.2, 0) is 11.3 Å². The van der Waals surface area contributed by atoms with Crippen molar-refractivity contribution in [2.75, 3.05) is 23.3 Å². The van der Waals surface area contributed by atoms with Crippen LogP contribution in [0.3, 0.4) is 0 Å². The van der Waals surface area contributed by atoms with Crippen molar-refractivity contribution in [1.82, 2.24) is 9.97 Å². The summed E-state index contributed by atoms with van der Waals surface area (Å²) in [5.41, 5.74) is 9.33. The summed E-state index contributed by atoms with van der Waals surface area (Å²) < 4.78 is 0. The molecule has 0 spiro atoms. The van der Waals surface area contributed by atoms with E-state index in [0.717, 1.165) is 43.1 Å². The minimum atomic E-state index is -0.215. The molecule has 0 saturated carbocycles. The monoisotopic (exact) mass is 331 g/mol. The summed E-state index contributed by atoms with van der Waals surface area (Å²) in [4.78, 5) is 23.5. The van der Waals surface area contributed by atoms with Crippen LogP contribution in [0.5, 0.6) is 0 Å². The highest BCUT2D eigenvalue weighted by Crippen LogP contribution is 2.23. The Morgan fingerprint density at radius 1 is 1.48 bits per heavy atom. The number of aryl methyl sites for hydroxylation is 1. The van der Waals surface area contributed by atoms with Gasteiger partial charge in [0.25, 0.3) is 0 Å². The second-order valence-electron chi connectivity index (χ2n) is 5.81. The van der Waals surface area contributed by atoms with Crippen molar-refractivity contribution in [3.63, 3.8) is 0 Å². The average Bonchev–Trinajstić information content (AvgIpc) is 2.98. The summed E-state index contributed by atoms with van der Waals surface area (Å²) >= 11 is 1.65. The van der Waals surface area contributed by atoms with E-state index in [1.807, 2.05) is 30.8 Å². The minimum absolute atomic E-state index is 0.0716. The number of piperidine rings is 1. The number of nitrogens with zero attached hydrogens (tertiary/aromatic N) is 3. The second-order valence-corrected chi connectivity index (χ2v) is 6.75. The van der Waals surface area contributed by atoms with E-state index in [9.17, 15) is 4.79 Å². The summed E-state index contributed by atoms with van der Waals surface area (Å²) in [5.74, 6) is 0.612. The molecule has 7 heteroatoms. The lowest BCUT2D eigenvalue weighted by Crippen LogP contribution is -2.41. The highest BCUT2D eigenvalue weighted by molar-refractivity contribution is 7.09. The predicted octanol–water partition coefficient (Wildman–Crippen LogP) is 2.16. The van der Waals surface area contributed by atoms with Crippen molar-refractivity contribution in [1.29, 1.82) is 0 Å². The number of primary amides is 1. The van der Waals surface area contributed by atoms with Gasteiger partial charge in [-0.15, -0.1) is 11.3 Å². The number of nitrogens with two attached hydrogens (primary N) is 1. The van der Waals surface area contributed by atoms with Crippen molar-refractivity contribution >= 4 is 28.7 Å². The first-order chi connectivity index (χ1) is 11.1. The first kappa shape index (κ1) is 15.7. The Morgan fingerprint density at radius 3 is 3.00 bits per heavy atom. The maximum Gasteiger partial charge on any atom is 0.222 e. The zero-order chi connectivity index (χ0) is 16.2. The Kier molecular flexibility index (Phi) is 4.76. The van der Waals surface area contributed by atoms with E-state index < -0.39 is 0 Å². The first-order valence-corrected chi connectivity index (χ1v) is 8.64. The molecule has 3 heterocycles. The number of nitrogens with one attached hydrogen (secondary N) is 1. The molecular weight excluding hydrogens is 310 g/mol. The standard InChI is InChI=1S/C16H21N5OS/c1-11-14(23-10-20-11)8-18-13-4-5-15(19-7-13)21-6-2-3-12(9-21)16(17)22/h4-5,7,10,12,18H,2-3,6,8-9H2,1H3,(H2,17,22)/t12-/m1/s1. The molecule has 3 N–H and O–H groups in total. The van der Waals surface area contributed by atoms with Gasteiger partial charge in [-0.25, -0.2) is 9.97 Å². The number of rotatable bonds is 5. The Balaban J connectivity index is 1.60. The summed E-state index contributed by atoms with van der Waals surface area (Å²) in [6.45, 7) is 4.35. The smallest absolute Gasteiger partial charge is 0.222 e. The van der Waals surface area contributed by atoms with Crippen molar-refractivity contribution in [2.45, 2.75) is 26.3 Å². The van der Waals surface area contributed by atoms with Gasteiger partial charge in [-0.1, -0.05) is 0 Å². The molecule has 1 fully saturated rings. The van der Waals surface area contributed by atoms with Crippen LogP contribution in [0.1, 0.15) is 23.4 Å². The molecule has 0 bridgehead atoms. The molecule has 122 valence electrons. The van der Waals surface area contributed by atoms with Crippen LogP contribution in [-0.4, -0.2) is 29.0 Å². The molecule has 0 unspecified atom stereocenters. The van der Waals surface area contributed by atoms with E-state index in [0.29, 0.717) is 6.54 Å². The fourth-order valence-corrected chi connectivity index (χ4v) is 3.49. The molecule has 0 radical (unpaired) electrons. The molecule has 1 atom stereocenters. The number of thiazole rings is 1. The first-order valence-electron chi connectivity index (χ1n) is 7.76. The Morgan fingerprint density at radius 2 is 2.35 bits per heavy atom. The summed E-state index contributed by atoms with van der Waals surface area (Å²) in [6, 6.07) is 4.01. The lowest BCUT2D eigenvalue weighted by molar-refractivity contribution is -0.122. The maximum atomic E-state index is 11.4. The van der Waals surface area contributed by atoms with E-state index in [2.05, 4.69) is 20.2 Å². The number of pyridine rings is 1. The van der Waals surface area contributed by atoms with E-state index in [1.165, 1.54) is 4.88 Å². The second kappa shape index (κ2) is 6.95. The zero-order valence-electron chi connectivity index (χ0n) is 13.2. The largest absolute Gasteiger partial charge is 0.379 e. The molecule has 2 aromatic heterocycles. The number of carbonyl (C=O) groups is 1. The van der Waals surface area contributed by atoms with Crippen LogP contribution in [0, 0.1) is 12.8 Å². The molecular formula is C16H21N5OS. The van der Waals surface area contributed by atoms with E-state index in [1.54, 1.807) is 11.3 Å². The van der Waals surface area contributed by atoms with E-state index in [4.69, 9.17) is 5.73 Å². The van der Waals surface area contributed by atoms with Crippen LogP contribution < -0.4 is 16.0 Å². The molecule has 23 heavy (non-hydrogen) atoms. The molecule has 1 amide bonds. The van der Waals surface area contributed by atoms with Gasteiger partial charge in [0.05, 0.1) is 35.6 Å². The molecule has 2 aromatic rings. The molecule has 3 rings (SSSR count). The molecule has 1 aliphatic heterocycles. The summed E-state index contributed by atoms with van der Waals surface area (Å²) in [6.07, 6.45) is 3.68. The van der Waals surface area contributed by atoms with Gasteiger partial charge in [-0.2, -0.15) is 0 Å². The third-order valence-corrected chi connectivity index (χ3v) is 5.13. The lowest BCUT2D eigenvalue weighted by atomic mass is 9.97. The van der Waals surface area contributed by atoms with E-state index >= 15 is 0 Å². The van der Waals surface area contributed by atoms with Crippen molar-refractivity contribution < 1.29 is 4.79 Å². The maximum absolute atomic E-state index is 11.4. The third kappa shape index (κ3) is 3.79. The van der Waals surface area contributed by atoms with Crippen molar-refractivity contribution in [3.8, 4) is 0 Å². The minimum Gasteiger partial charge on any atom is -0.379 e. The fraction of sp³-hybridized carbons (Fsp3) is 0.438. The van der Waals surface area contributed by atoms with Gasteiger partial charge in [0.15, 0.2) is 0 Å². The number of carbonyl (C=O) groups excluding carboxylic acids is 1. The third-order valence-electron chi connectivity index (χ3n) is 4.19. The number of aromatic nitrogens is 2. The molecule has 1 aliphatic rings. The topological polar surface area (TPSA) is 84.1 Å². The van der Waals surface area contributed by atoms with Crippen LogP contribution in [0.2, 0.25) is 0 Å². The fourth-order valence-electron chi connectivity index (χ4n) is 2.77. The van der Waals surface area contributed by atoms with Crippen molar-refractivity contribution in [2.24, 2.45) is 11.7 Å². The molecule has 0 aromatic carbocycles. The van der Waals surface area contributed by atoms with Gasteiger partial charge in [-0.05, 0) is 31.9 Å². The molecule has 0 aliphatic carbocycles. The van der Waals surface area contributed by atoms with Crippen LogP contribution in [0.4, 0.5) is 11.5 Å². The summed E-state index contributed by atoms with van der Waals surface area (Å²) in [5, 5.41) is 3.36. The lowest BCUT2D eigenvalue weighted by Gasteiger charge is -2.32. The van der Waals surface area contributed by atoms with E-state index in [-0.39, 0.29) is 11.8 Å². The van der Waals surface area contributed by atoms with Gasteiger partial charge < -0.3 is 16.0 Å². The van der Waals surface area contributed by atoms with Gasteiger partial charge in [0.1, 0.15) is 5.82 Å². The Bertz CT molecular complexity index is 669. The normalized spacial score (nSPS) is 18.0. The van der Waals surface area contributed by atoms with Gasteiger partial charge in [0.2, 0.25) is 5.91 Å². The average molecular weight is 331 g/mol. The number of anilines is 2. The van der Waals surface area contributed by atoms with Crippen LogP contribution in [0.25, 0.3) is 0 Å². The Hall–Kier alpha value is -2.15. The highest BCUT2D eigenvalue weighted by atomic mass is 32.1. The van der Waals surface area contributed by atoms with Crippen LogP contribution in [0.15, 0.2) is 23.8 Å². The van der Waals surface area contributed by atoms with Gasteiger partial charge in [0, 0.05) is 18.0 Å². The Labute approximate surface area is 139 Å². The quantitative estimate of drug-likeness (QED) is 0.877. The number of hydrogen-bond acceptors (Lipinski definition) is 6. The predicted molar refractivity (Wildman–Crippen MR) is 92.5 cm³/mol. The zero-order valence-corrected chi connectivity index (χ0v) is 14.0. The van der Waals surface area contributed by atoms with Crippen molar-refractivity contribution in [3.05, 3.63) is 34.4 Å². The van der Waals surface area contributed by atoms with Crippen LogP contribution >= 0.6 is 11.3 Å². The summed E-state index contributed by atoms with van der Waals surface area (Å²) in [7, 11) is 0. The highest BCUT2D eigenvalue weighted by Gasteiger charge is 2.24.